The molecule has 0 unspecified atom stereocenters. The van der Waals surface area contributed by atoms with Crippen LogP contribution in [0.4, 0.5) is 11.4 Å². The third-order valence-electron chi connectivity index (χ3n) is 4.22. The summed E-state index contributed by atoms with van der Waals surface area (Å²) in [5, 5.41) is 2.81. The number of hydrogen-bond acceptors (Lipinski definition) is 3. The van der Waals surface area contributed by atoms with Crippen molar-refractivity contribution in [3.05, 3.63) is 54.1 Å². The van der Waals surface area contributed by atoms with Gasteiger partial charge in [0.05, 0.1) is 0 Å². The zero-order chi connectivity index (χ0) is 17.6. The molecule has 130 valence electrons. The summed E-state index contributed by atoms with van der Waals surface area (Å²) in [6.07, 6.45) is 2.43. The molecule has 0 saturated carbocycles. The number of carbonyl (C=O) groups is 2. The van der Waals surface area contributed by atoms with Gasteiger partial charge in [0.1, 0.15) is 5.75 Å². The van der Waals surface area contributed by atoms with Crippen molar-refractivity contribution in [1.29, 1.82) is 0 Å². The Kier molecular flexibility index (Phi) is 5.33. The molecule has 0 spiro atoms. The number of anilines is 2. The number of rotatable bonds is 6. The first kappa shape index (κ1) is 17.0. The van der Waals surface area contributed by atoms with Crippen molar-refractivity contribution in [3.63, 3.8) is 0 Å². The highest BCUT2D eigenvalue weighted by Crippen LogP contribution is 2.25. The number of aryl methyl sites for hydroxylation is 1. The van der Waals surface area contributed by atoms with Gasteiger partial charge in [0.2, 0.25) is 5.91 Å². The smallest absolute Gasteiger partial charge is 0.262 e. The Morgan fingerprint density at radius 3 is 2.68 bits per heavy atom. The summed E-state index contributed by atoms with van der Waals surface area (Å²) >= 11 is 0. The third kappa shape index (κ3) is 4.38. The predicted octanol–water partition coefficient (Wildman–Crippen LogP) is 3.39. The van der Waals surface area contributed by atoms with Crippen LogP contribution in [0.3, 0.4) is 0 Å². The largest absolute Gasteiger partial charge is 0.484 e. The Morgan fingerprint density at radius 1 is 1.20 bits per heavy atom. The molecule has 0 radical (unpaired) electrons. The molecule has 5 nitrogen and oxygen atoms in total. The van der Waals surface area contributed by atoms with Gasteiger partial charge in [0.15, 0.2) is 6.61 Å². The summed E-state index contributed by atoms with van der Waals surface area (Å²) in [4.78, 5) is 25.6. The fourth-order valence-electron chi connectivity index (χ4n) is 2.83. The van der Waals surface area contributed by atoms with Crippen LogP contribution in [-0.4, -0.2) is 25.0 Å². The van der Waals surface area contributed by atoms with E-state index in [2.05, 4.69) is 12.2 Å². The maximum absolute atomic E-state index is 12.0. The average molecular weight is 338 g/mol. The van der Waals surface area contributed by atoms with E-state index in [9.17, 15) is 9.59 Å². The maximum atomic E-state index is 12.0. The number of nitrogens with zero attached hydrogens (tertiary/aromatic N) is 1. The molecule has 1 heterocycles. The molecule has 2 aromatic carbocycles. The molecular formula is C20H22N2O3. The number of nitrogens with one attached hydrogen (secondary N) is 1. The lowest BCUT2D eigenvalue weighted by Crippen LogP contribution is -2.24. The van der Waals surface area contributed by atoms with Crippen LogP contribution in [-0.2, 0) is 16.0 Å². The van der Waals surface area contributed by atoms with Crippen LogP contribution in [0.25, 0.3) is 0 Å². The summed E-state index contributed by atoms with van der Waals surface area (Å²) in [6.45, 7) is 2.74. The minimum Gasteiger partial charge on any atom is -0.484 e. The second-order valence-corrected chi connectivity index (χ2v) is 6.03. The van der Waals surface area contributed by atoms with E-state index in [1.54, 1.807) is 17.0 Å². The normalized spacial score (nSPS) is 13.8. The van der Waals surface area contributed by atoms with Gasteiger partial charge in [-0.3, -0.25) is 9.59 Å². The van der Waals surface area contributed by atoms with E-state index in [1.807, 2.05) is 36.4 Å². The van der Waals surface area contributed by atoms with Gasteiger partial charge in [-0.25, -0.2) is 0 Å². The first-order valence-electron chi connectivity index (χ1n) is 8.57. The molecule has 2 aromatic rings. The van der Waals surface area contributed by atoms with Gasteiger partial charge in [0.25, 0.3) is 5.91 Å². The predicted molar refractivity (Wildman–Crippen MR) is 98.0 cm³/mol. The summed E-state index contributed by atoms with van der Waals surface area (Å²) in [7, 11) is 0. The lowest BCUT2D eigenvalue weighted by atomic mass is 10.1. The number of carbonyl (C=O) groups excluding carboxylic acids is 2. The Bertz CT molecular complexity index is 756. The minimum absolute atomic E-state index is 0.0765. The van der Waals surface area contributed by atoms with Crippen molar-refractivity contribution in [2.45, 2.75) is 26.2 Å². The van der Waals surface area contributed by atoms with Crippen LogP contribution < -0.4 is 15.0 Å². The van der Waals surface area contributed by atoms with Gasteiger partial charge in [-0.15, -0.1) is 0 Å². The molecule has 1 aliphatic rings. The van der Waals surface area contributed by atoms with E-state index in [0.717, 1.165) is 30.8 Å². The van der Waals surface area contributed by atoms with E-state index in [4.69, 9.17) is 4.74 Å². The van der Waals surface area contributed by atoms with Crippen LogP contribution in [0.15, 0.2) is 48.5 Å². The Morgan fingerprint density at radius 2 is 2.00 bits per heavy atom. The first-order valence-corrected chi connectivity index (χ1v) is 8.57. The van der Waals surface area contributed by atoms with Crippen molar-refractivity contribution >= 4 is 23.2 Å². The molecule has 1 fully saturated rings. The molecular weight excluding hydrogens is 316 g/mol. The van der Waals surface area contributed by atoms with E-state index in [1.165, 1.54) is 5.56 Å². The van der Waals surface area contributed by atoms with Crippen molar-refractivity contribution in [3.8, 4) is 5.75 Å². The fourth-order valence-corrected chi connectivity index (χ4v) is 2.83. The topological polar surface area (TPSA) is 58.6 Å². The summed E-state index contributed by atoms with van der Waals surface area (Å²) in [5.74, 6) is 0.492. The fraction of sp³-hybridized carbons (Fsp3) is 0.300. The molecule has 0 aliphatic carbocycles. The highest BCUT2D eigenvalue weighted by Gasteiger charge is 2.21. The minimum atomic E-state index is -0.216. The Balaban J connectivity index is 1.55. The molecule has 5 heteroatoms. The third-order valence-corrected chi connectivity index (χ3v) is 4.22. The molecule has 1 N–H and O–H groups in total. The van der Waals surface area contributed by atoms with E-state index in [-0.39, 0.29) is 18.4 Å². The highest BCUT2D eigenvalue weighted by atomic mass is 16.5. The van der Waals surface area contributed by atoms with Crippen LogP contribution in [0.1, 0.15) is 25.3 Å². The molecule has 25 heavy (non-hydrogen) atoms. The van der Waals surface area contributed by atoms with Crippen LogP contribution in [0, 0.1) is 0 Å². The quantitative estimate of drug-likeness (QED) is 0.878. The number of amides is 2. The molecule has 0 bridgehead atoms. The Hall–Kier alpha value is -2.82. The second kappa shape index (κ2) is 7.83. The zero-order valence-electron chi connectivity index (χ0n) is 14.3. The van der Waals surface area contributed by atoms with Crippen molar-refractivity contribution in [2.75, 3.05) is 23.4 Å². The van der Waals surface area contributed by atoms with Crippen molar-refractivity contribution < 1.29 is 14.3 Å². The number of benzene rings is 2. The average Bonchev–Trinajstić information content (AvgIpc) is 3.07. The van der Waals surface area contributed by atoms with E-state index < -0.39 is 0 Å². The molecule has 0 aromatic heterocycles. The second-order valence-electron chi connectivity index (χ2n) is 6.03. The number of ether oxygens (including phenoxy) is 1. The molecule has 3 rings (SSSR count). The molecule has 2 amide bonds. The van der Waals surface area contributed by atoms with Gasteiger partial charge in [-0.2, -0.15) is 0 Å². The summed E-state index contributed by atoms with van der Waals surface area (Å²) < 4.78 is 5.57. The highest BCUT2D eigenvalue weighted by molar-refractivity contribution is 5.95. The van der Waals surface area contributed by atoms with Gasteiger partial charge in [-0.1, -0.05) is 25.1 Å². The monoisotopic (exact) mass is 338 g/mol. The van der Waals surface area contributed by atoms with E-state index >= 15 is 0 Å². The lowest BCUT2D eigenvalue weighted by molar-refractivity contribution is -0.118. The molecule has 0 atom stereocenters. The maximum Gasteiger partial charge on any atom is 0.262 e. The van der Waals surface area contributed by atoms with Crippen LogP contribution in [0.2, 0.25) is 0 Å². The summed E-state index contributed by atoms with van der Waals surface area (Å²) in [6, 6.07) is 15.1. The zero-order valence-corrected chi connectivity index (χ0v) is 14.3. The Labute approximate surface area is 147 Å². The molecule has 1 aliphatic heterocycles. The standard InChI is InChI=1S/C20H22N2O3/c1-2-15-8-10-16(11-9-15)21-19(23)14-25-18-6-3-5-17(13-18)22-12-4-7-20(22)24/h3,5-6,8-11,13H,2,4,7,12,14H2,1H3,(H,21,23). The van der Waals surface area contributed by atoms with Gasteiger partial charge in [-0.05, 0) is 42.7 Å². The van der Waals surface area contributed by atoms with Crippen LogP contribution in [0.5, 0.6) is 5.75 Å². The SMILES string of the molecule is CCc1ccc(NC(=O)COc2cccc(N3CCCC3=O)c2)cc1. The molecule has 1 saturated heterocycles. The van der Waals surface area contributed by atoms with Gasteiger partial charge < -0.3 is 15.0 Å². The first-order chi connectivity index (χ1) is 12.2. The van der Waals surface area contributed by atoms with Gasteiger partial charge in [0, 0.05) is 30.4 Å². The van der Waals surface area contributed by atoms with Crippen molar-refractivity contribution in [1.82, 2.24) is 0 Å². The van der Waals surface area contributed by atoms with Crippen LogP contribution >= 0.6 is 0 Å². The summed E-state index contributed by atoms with van der Waals surface area (Å²) in [5.41, 5.74) is 2.79. The lowest BCUT2D eigenvalue weighted by Gasteiger charge is -2.16. The van der Waals surface area contributed by atoms with Gasteiger partial charge >= 0.3 is 0 Å². The van der Waals surface area contributed by atoms with Crippen molar-refractivity contribution in [2.24, 2.45) is 0 Å². The van der Waals surface area contributed by atoms with E-state index in [0.29, 0.717) is 12.2 Å². The number of hydrogen-bond donors (Lipinski definition) is 1.